The zero-order valence-corrected chi connectivity index (χ0v) is 10.7. The first-order valence-corrected chi connectivity index (χ1v) is 5.30. The van der Waals surface area contributed by atoms with Crippen LogP contribution in [0.2, 0.25) is 5.02 Å². The molecule has 0 aromatic carbocycles. The standard InChI is InChI=1S/C10H14ClN3O3/c1-14(5-4-8(15)16-2)9-7(11)6-12-10(13-9)17-3/h6H,4-5H2,1-3H3. The molecule has 0 amide bonds. The molecule has 17 heavy (non-hydrogen) atoms. The topological polar surface area (TPSA) is 64.5 Å². The lowest BCUT2D eigenvalue weighted by Gasteiger charge is -2.18. The smallest absolute Gasteiger partial charge is 0.318 e. The Bertz CT molecular complexity index is 400. The van der Waals surface area contributed by atoms with Crippen molar-refractivity contribution in [1.82, 2.24) is 9.97 Å². The number of esters is 1. The van der Waals surface area contributed by atoms with Crippen molar-refractivity contribution in [1.29, 1.82) is 0 Å². The van der Waals surface area contributed by atoms with Gasteiger partial charge in [0.05, 0.1) is 26.8 Å². The van der Waals surface area contributed by atoms with Gasteiger partial charge >= 0.3 is 12.0 Å². The fourth-order valence-corrected chi connectivity index (χ4v) is 1.41. The highest BCUT2D eigenvalue weighted by Crippen LogP contribution is 2.23. The Morgan fingerprint density at radius 2 is 2.24 bits per heavy atom. The molecule has 7 heteroatoms. The van der Waals surface area contributed by atoms with Gasteiger partial charge in [-0.15, -0.1) is 0 Å². The van der Waals surface area contributed by atoms with Crippen LogP contribution in [0.4, 0.5) is 5.82 Å². The molecule has 94 valence electrons. The third kappa shape index (κ3) is 3.74. The number of aromatic nitrogens is 2. The van der Waals surface area contributed by atoms with E-state index < -0.39 is 0 Å². The van der Waals surface area contributed by atoms with Gasteiger partial charge in [-0.05, 0) is 0 Å². The Kier molecular flexibility index (Phi) is 4.96. The lowest BCUT2D eigenvalue weighted by molar-refractivity contribution is -0.140. The van der Waals surface area contributed by atoms with Crippen molar-refractivity contribution in [3.05, 3.63) is 11.2 Å². The highest BCUT2D eigenvalue weighted by Gasteiger charge is 2.12. The van der Waals surface area contributed by atoms with Crippen LogP contribution in [0.25, 0.3) is 0 Å². The molecular weight excluding hydrogens is 246 g/mol. The monoisotopic (exact) mass is 259 g/mol. The molecule has 1 aromatic heterocycles. The van der Waals surface area contributed by atoms with Gasteiger partial charge in [0.2, 0.25) is 0 Å². The van der Waals surface area contributed by atoms with Crippen LogP contribution in [0.1, 0.15) is 6.42 Å². The van der Waals surface area contributed by atoms with Gasteiger partial charge in [-0.25, -0.2) is 4.98 Å². The van der Waals surface area contributed by atoms with E-state index in [4.69, 9.17) is 16.3 Å². The Morgan fingerprint density at radius 1 is 1.53 bits per heavy atom. The normalized spacial score (nSPS) is 9.88. The van der Waals surface area contributed by atoms with E-state index in [0.717, 1.165) is 0 Å². The summed E-state index contributed by atoms with van der Waals surface area (Å²) in [7, 11) is 4.60. The molecular formula is C10H14ClN3O3. The van der Waals surface area contributed by atoms with Crippen molar-refractivity contribution in [2.75, 3.05) is 32.7 Å². The second-order valence-electron chi connectivity index (χ2n) is 3.28. The van der Waals surface area contributed by atoms with Crippen molar-refractivity contribution in [2.24, 2.45) is 0 Å². The number of nitrogens with zero attached hydrogens (tertiary/aromatic N) is 3. The second kappa shape index (κ2) is 6.24. The minimum atomic E-state index is -0.283. The predicted octanol–water partition coefficient (Wildman–Crippen LogP) is 1.14. The summed E-state index contributed by atoms with van der Waals surface area (Å²) < 4.78 is 9.46. The van der Waals surface area contributed by atoms with E-state index >= 15 is 0 Å². The lowest BCUT2D eigenvalue weighted by atomic mass is 10.4. The van der Waals surface area contributed by atoms with E-state index in [2.05, 4.69) is 14.7 Å². The molecule has 0 saturated carbocycles. The van der Waals surface area contributed by atoms with Crippen molar-refractivity contribution >= 4 is 23.4 Å². The van der Waals surface area contributed by atoms with Crippen molar-refractivity contribution in [3.8, 4) is 6.01 Å². The molecule has 0 bridgehead atoms. The zero-order valence-electron chi connectivity index (χ0n) is 9.94. The molecule has 0 saturated heterocycles. The van der Waals surface area contributed by atoms with Gasteiger partial charge in [-0.2, -0.15) is 4.98 Å². The molecule has 1 rings (SSSR count). The first-order chi connectivity index (χ1) is 8.08. The molecule has 1 aromatic rings. The fraction of sp³-hybridized carbons (Fsp3) is 0.500. The molecule has 1 heterocycles. The van der Waals surface area contributed by atoms with Gasteiger partial charge in [0.25, 0.3) is 0 Å². The van der Waals surface area contributed by atoms with E-state index in [1.807, 2.05) is 0 Å². The van der Waals surface area contributed by atoms with Crippen LogP contribution in [0.3, 0.4) is 0 Å². The van der Waals surface area contributed by atoms with Gasteiger partial charge in [0.1, 0.15) is 5.02 Å². The zero-order chi connectivity index (χ0) is 12.8. The molecule has 0 N–H and O–H groups in total. The quantitative estimate of drug-likeness (QED) is 0.739. The third-order valence-electron chi connectivity index (χ3n) is 2.13. The predicted molar refractivity (Wildman–Crippen MR) is 63.5 cm³/mol. The molecule has 0 unspecified atom stereocenters. The average Bonchev–Trinajstić information content (AvgIpc) is 2.36. The van der Waals surface area contributed by atoms with E-state index in [-0.39, 0.29) is 18.4 Å². The minimum Gasteiger partial charge on any atom is -0.469 e. The third-order valence-corrected chi connectivity index (χ3v) is 2.39. The van der Waals surface area contributed by atoms with Crippen LogP contribution in [-0.2, 0) is 9.53 Å². The molecule has 0 aliphatic heterocycles. The number of methoxy groups -OCH3 is 2. The largest absolute Gasteiger partial charge is 0.469 e. The number of hydrogen-bond acceptors (Lipinski definition) is 6. The maximum atomic E-state index is 11.0. The summed E-state index contributed by atoms with van der Waals surface area (Å²) in [6, 6.07) is 0.231. The summed E-state index contributed by atoms with van der Waals surface area (Å²) in [5.41, 5.74) is 0. The van der Waals surface area contributed by atoms with Crippen molar-refractivity contribution in [3.63, 3.8) is 0 Å². The van der Waals surface area contributed by atoms with Gasteiger partial charge in [-0.3, -0.25) is 4.79 Å². The van der Waals surface area contributed by atoms with Crippen LogP contribution >= 0.6 is 11.6 Å². The molecule has 0 aliphatic rings. The van der Waals surface area contributed by atoms with Gasteiger partial charge in [-0.1, -0.05) is 11.6 Å². The number of hydrogen-bond donors (Lipinski definition) is 0. The van der Waals surface area contributed by atoms with Crippen LogP contribution in [0.15, 0.2) is 6.20 Å². The Morgan fingerprint density at radius 3 is 2.82 bits per heavy atom. The Labute approximate surface area is 105 Å². The summed E-state index contributed by atoms with van der Waals surface area (Å²) in [4.78, 5) is 20.7. The number of carbonyl (C=O) groups is 1. The molecule has 0 radical (unpaired) electrons. The number of ether oxygens (including phenoxy) is 2. The Balaban J connectivity index is 2.73. The maximum absolute atomic E-state index is 11.0. The van der Waals surface area contributed by atoms with Crippen molar-refractivity contribution < 1.29 is 14.3 Å². The van der Waals surface area contributed by atoms with Gasteiger partial charge in [0, 0.05) is 13.6 Å². The Hall–Kier alpha value is -1.56. The minimum absolute atomic E-state index is 0.231. The highest BCUT2D eigenvalue weighted by molar-refractivity contribution is 6.32. The van der Waals surface area contributed by atoms with E-state index in [1.54, 1.807) is 11.9 Å². The molecule has 0 fully saturated rings. The SMILES string of the molecule is COC(=O)CCN(C)c1nc(OC)ncc1Cl. The molecule has 0 aliphatic carbocycles. The fourth-order valence-electron chi connectivity index (χ4n) is 1.18. The molecule has 0 spiro atoms. The average molecular weight is 260 g/mol. The van der Waals surface area contributed by atoms with Gasteiger partial charge < -0.3 is 14.4 Å². The summed E-state index contributed by atoms with van der Waals surface area (Å²) in [5.74, 6) is 0.233. The van der Waals surface area contributed by atoms with E-state index in [9.17, 15) is 4.79 Å². The van der Waals surface area contributed by atoms with Crippen molar-refractivity contribution in [2.45, 2.75) is 6.42 Å². The van der Waals surface area contributed by atoms with Crippen LogP contribution in [0, 0.1) is 0 Å². The summed E-state index contributed by atoms with van der Waals surface area (Å²) in [5, 5.41) is 0.401. The van der Waals surface area contributed by atoms with Crippen LogP contribution in [-0.4, -0.2) is 43.7 Å². The van der Waals surface area contributed by atoms with E-state index in [1.165, 1.54) is 20.4 Å². The number of rotatable bonds is 5. The number of anilines is 1. The highest BCUT2D eigenvalue weighted by atomic mass is 35.5. The first-order valence-electron chi connectivity index (χ1n) is 4.93. The van der Waals surface area contributed by atoms with E-state index in [0.29, 0.717) is 17.4 Å². The maximum Gasteiger partial charge on any atom is 0.318 e. The summed E-state index contributed by atoms with van der Waals surface area (Å²) in [6.07, 6.45) is 1.72. The van der Waals surface area contributed by atoms with Crippen LogP contribution in [0.5, 0.6) is 6.01 Å². The number of halogens is 1. The molecule has 6 nitrogen and oxygen atoms in total. The molecule has 0 atom stereocenters. The summed E-state index contributed by atoms with van der Waals surface area (Å²) in [6.45, 7) is 0.451. The first kappa shape index (κ1) is 13.5. The lowest BCUT2D eigenvalue weighted by Crippen LogP contribution is -2.23. The second-order valence-corrected chi connectivity index (χ2v) is 3.68. The van der Waals surface area contributed by atoms with Gasteiger partial charge in [0.15, 0.2) is 5.82 Å². The number of carbonyl (C=O) groups excluding carboxylic acids is 1. The van der Waals surface area contributed by atoms with Crippen LogP contribution < -0.4 is 9.64 Å². The summed E-state index contributed by atoms with van der Waals surface area (Å²) >= 11 is 5.96.